The van der Waals surface area contributed by atoms with E-state index in [-0.39, 0.29) is 18.2 Å². The lowest BCUT2D eigenvalue weighted by Crippen LogP contribution is -2.30. The van der Waals surface area contributed by atoms with Crippen LogP contribution in [0.25, 0.3) is 10.2 Å². The van der Waals surface area contributed by atoms with E-state index in [0.29, 0.717) is 18.7 Å². The minimum atomic E-state index is -0.148. The summed E-state index contributed by atoms with van der Waals surface area (Å²) in [5.41, 5.74) is 1.58. The summed E-state index contributed by atoms with van der Waals surface area (Å²) in [6, 6.07) is 9.64. The van der Waals surface area contributed by atoms with Crippen molar-refractivity contribution in [2.24, 2.45) is 0 Å². The lowest BCUT2D eigenvalue weighted by molar-refractivity contribution is -0.121. The molecule has 5 nitrogen and oxygen atoms in total. The third kappa shape index (κ3) is 4.14. The predicted octanol–water partition coefficient (Wildman–Crippen LogP) is 2.79. The van der Waals surface area contributed by atoms with Crippen molar-refractivity contribution < 1.29 is 9.59 Å². The average molecular weight is 345 g/mol. The van der Waals surface area contributed by atoms with Gasteiger partial charge in [-0.1, -0.05) is 12.1 Å². The third-order valence-corrected chi connectivity index (χ3v) is 4.92. The maximum absolute atomic E-state index is 11.8. The fourth-order valence-electron chi connectivity index (χ4n) is 2.04. The Hall–Kier alpha value is -2.25. The van der Waals surface area contributed by atoms with Crippen molar-refractivity contribution in [2.45, 2.75) is 13.0 Å². The summed E-state index contributed by atoms with van der Waals surface area (Å²) in [7, 11) is 0. The molecule has 1 aromatic carbocycles. The summed E-state index contributed by atoms with van der Waals surface area (Å²) >= 11 is 3.04. The van der Waals surface area contributed by atoms with Gasteiger partial charge in [0, 0.05) is 23.9 Å². The van der Waals surface area contributed by atoms with Crippen molar-refractivity contribution in [1.29, 1.82) is 0 Å². The number of para-hydroxylation sites is 1. The number of thiophene rings is 1. The van der Waals surface area contributed by atoms with E-state index in [1.54, 1.807) is 22.8 Å². The van der Waals surface area contributed by atoms with Gasteiger partial charge in [0.15, 0.2) is 0 Å². The van der Waals surface area contributed by atoms with Gasteiger partial charge in [0.2, 0.25) is 5.91 Å². The molecule has 23 heavy (non-hydrogen) atoms. The molecule has 0 radical (unpaired) electrons. The number of amides is 2. The fraction of sp³-hybridized carbons (Fsp3) is 0.188. The highest BCUT2D eigenvalue weighted by atomic mass is 32.1. The van der Waals surface area contributed by atoms with Gasteiger partial charge >= 0.3 is 0 Å². The molecule has 0 saturated carbocycles. The summed E-state index contributed by atoms with van der Waals surface area (Å²) in [6.45, 7) is 0.733. The van der Waals surface area contributed by atoms with Crippen molar-refractivity contribution in [3.05, 3.63) is 51.7 Å². The highest BCUT2D eigenvalue weighted by Crippen LogP contribution is 2.21. The molecule has 2 amide bonds. The number of carbonyl (C=O) groups is 2. The molecule has 118 valence electrons. The summed E-state index contributed by atoms with van der Waals surface area (Å²) in [5.74, 6) is -0.250. The van der Waals surface area contributed by atoms with Crippen LogP contribution in [0.4, 0.5) is 0 Å². The van der Waals surface area contributed by atoms with Crippen LogP contribution in [0.15, 0.2) is 41.1 Å². The Morgan fingerprint density at radius 3 is 2.78 bits per heavy atom. The molecule has 0 bridgehead atoms. The number of carbonyl (C=O) groups excluding carboxylic acids is 2. The van der Waals surface area contributed by atoms with E-state index < -0.39 is 0 Å². The fourth-order valence-corrected chi connectivity index (χ4v) is 3.59. The summed E-state index contributed by atoms with van der Waals surface area (Å²) < 4.78 is 1.11. The van der Waals surface area contributed by atoms with Gasteiger partial charge in [-0.05, 0) is 23.6 Å². The molecular weight excluding hydrogens is 330 g/mol. The van der Waals surface area contributed by atoms with Crippen LogP contribution in [0.5, 0.6) is 0 Å². The Balaban J connectivity index is 1.42. The monoisotopic (exact) mass is 345 g/mol. The third-order valence-electron chi connectivity index (χ3n) is 3.20. The Labute approximate surface area is 141 Å². The van der Waals surface area contributed by atoms with Crippen molar-refractivity contribution in [1.82, 2.24) is 15.6 Å². The van der Waals surface area contributed by atoms with Crippen LogP contribution in [0.1, 0.15) is 21.8 Å². The number of hydrogen-bond acceptors (Lipinski definition) is 5. The van der Waals surface area contributed by atoms with E-state index in [0.717, 1.165) is 15.2 Å². The summed E-state index contributed by atoms with van der Waals surface area (Å²) in [6.07, 6.45) is 0.251. The predicted molar refractivity (Wildman–Crippen MR) is 92.7 cm³/mol. The first-order chi connectivity index (χ1) is 11.2. The minimum Gasteiger partial charge on any atom is -0.351 e. The molecule has 0 spiro atoms. The first-order valence-corrected chi connectivity index (χ1v) is 8.90. The summed E-state index contributed by atoms with van der Waals surface area (Å²) in [5, 5.41) is 10.1. The van der Waals surface area contributed by atoms with Gasteiger partial charge in [-0.25, -0.2) is 4.98 Å². The van der Waals surface area contributed by atoms with Crippen LogP contribution in [0.2, 0.25) is 0 Å². The van der Waals surface area contributed by atoms with Gasteiger partial charge in [0.1, 0.15) is 5.01 Å². The molecule has 0 aliphatic carbocycles. The standard InChI is InChI=1S/C16H15N3O2S2/c20-14(5-7-17-16(21)11-6-8-22-10-11)18-9-15-19-12-3-1-2-4-13(12)23-15/h1-4,6,8,10H,5,7,9H2,(H,17,21)(H,18,20). The van der Waals surface area contributed by atoms with Crippen molar-refractivity contribution in [3.8, 4) is 0 Å². The second-order valence-electron chi connectivity index (χ2n) is 4.87. The number of nitrogens with one attached hydrogen (secondary N) is 2. The molecule has 3 rings (SSSR count). The minimum absolute atomic E-state index is 0.102. The Morgan fingerprint density at radius 2 is 2.00 bits per heavy atom. The van der Waals surface area contributed by atoms with Crippen LogP contribution in [0.3, 0.4) is 0 Å². The second kappa shape index (κ2) is 7.34. The van der Waals surface area contributed by atoms with Crippen LogP contribution in [-0.4, -0.2) is 23.3 Å². The Bertz CT molecular complexity index is 779. The van der Waals surface area contributed by atoms with Crippen LogP contribution in [0, 0.1) is 0 Å². The molecular formula is C16H15N3O2S2. The number of benzene rings is 1. The van der Waals surface area contributed by atoms with E-state index in [9.17, 15) is 9.59 Å². The van der Waals surface area contributed by atoms with Crippen LogP contribution >= 0.6 is 22.7 Å². The molecule has 2 heterocycles. The van der Waals surface area contributed by atoms with Gasteiger partial charge in [-0.3, -0.25) is 9.59 Å². The highest BCUT2D eigenvalue weighted by Gasteiger charge is 2.08. The lowest BCUT2D eigenvalue weighted by atomic mass is 10.3. The number of thiazole rings is 1. The first-order valence-electron chi connectivity index (χ1n) is 7.14. The zero-order valence-electron chi connectivity index (χ0n) is 12.2. The Morgan fingerprint density at radius 1 is 1.13 bits per heavy atom. The van der Waals surface area contributed by atoms with Gasteiger partial charge in [0.25, 0.3) is 5.91 Å². The maximum atomic E-state index is 11.8. The van der Waals surface area contributed by atoms with Gasteiger partial charge in [-0.2, -0.15) is 11.3 Å². The largest absolute Gasteiger partial charge is 0.351 e. The molecule has 0 saturated heterocycles. The summed E-state index contributed by atoms with van der Waals surface area (Å²) in [4.78, 5) is 28.0. The van der Waals surface area contributed by atoms with Gasteiger partial charge < -0.3 is 10.6 Å². The van der Waals surface area contributed by atoms with Crippen LogP contribution in [-0.2, 0) is 11.3 Å². The molecule has 2 N–H and O–H groups in total. The number of nitrogens with zero attached hydrogens (tertiary/aromatic N) is 1. The SMILES string of the molecule is O=C(CCNC(=O)c1ccsc1)NCc1nc2ccccc2s1. The van der Waals surface area contributed by atoms with E-state index >= 15 is 0 Å². The van der Waals surface area contributed by atoms with Gasteiger partial charge in [-0.15, -0.1) is 11.3 Å². The number of fused-ring (bicyclic) bond motifs is 1. The van der Waals surface area contributed by atoms with Crippen molar-refractivity contribution in [2.75, 3.05) is 6.54 Å². The quantitative estimate of drug-likeness (QED) is 0.722. The van der Waals surface area contributed by atoms with Gasteiger partial charge in [0.05, 0.1) is 16.8 Å². The van der Waals surface area contributed by atoms with E-state index in [2.05, 4.69) is 15.6 Å². The number of hydrogen-bond donors (Lipinski definition) is 2. The first kappa shape index (κ1) is 15.6. The van der Waals surface area contributed by atoms with Crippen molar-refractivity contribution >= 4 is 44.7 Å². The number of aromatic nitrogens is 1. The molecule has 0 fully saturated rings. The zero-order valence-corrected chi connectivity index (χ0v) is 13.9. The molecule has 2 aromatic heterocycles. The molecule has 0 unspecified atom stereocenters. The second-order valence-corrected chi connectivity index (χ2v) is 6.77. The normalized spacial score (nSPS) is 10.6. The zero-order chi connectivity index (χ0) is 16.1. The lowest BCUT2D eigenvalue weighted by Gasteiger charge is -2.04. The molecule has 3 aromatic rings. The average Bonchev–Trinajstić information content (AvgIpc) is 3.21. The molecule has 0 aliphatic heterocycles. The Kier molecular flexibility index (Phi) is 4.99. The smallest absolute Gasteiger partial charge is 0.252 e. The van der Waals surface area contributed by atoms with E-state index in [4.69, 9.17) is 0 Å². The topological polar surface area (TPSA) is 71.1 Å². The van der Waals surface area contributed by atoms with Crippen LogP contribution < -0.4 is 10.6 Å². The highest BCUT2D eigenvalue weighted by molar-refractivity contribution is 7.18. The molecule has 7 heteroatoms. The molecule has 0 atom stereocenters. The van der Waals surface area contributed by atoms with E-state index in [1.807, 2.05) is 29.6 Å². The van der Waals surface area contributed by atoms with Crippen molar-refractivity contribution in [3.63, 3.8) is 0 Å². The molecule has 0 aliphatic rings. The maximum Gasteiger partial charge on any atom is 0.252 e. The van der Waals surface area contributed by atoms with E-state index in [1.165, 1.54) is 11.3 Å². The number of rotatable bonds is 6.